The normalized spacial score (nSPS) is 10.8. The van der Waals surface area contributed by atoms with Crippen molar-refractivity contribution in [1.82, 2.24) is 15.0 Å². The first-order chi connectivity index (χ1) is 9.17. The van der Waals surface area contributed by atoms with Crippen molar-refractivity contribution in [2.24, 2.45) is 0 Å². The maximum absolute atomic E-state index is 6.17. The third kappa shape index (κ3) is 2.08. The second kappa shape index (κ2) is 4.44. The minimum Gasteiger partial charge on any atom is -0.399 e. The Hall–Kier alpha value is -2.27. The van der Waals surface area contributed by atoms with Crippen molar-refractivity contribution in [3.8, 4) is 11.4 Å². The Balaban J connectivity index is 2.17. The van der Waals surface area contributed by atoms with Gasteiger partial charge >= 0.3 is 0 Å². The number of pyridine rings is 1. The molecule has 1 aromatic carbocycles. The number of hydrogen-bond donors (Lipinski definition) is 3. The molecule has 3 aromatic rings. The average molecular weight is 274 g/mol. The predicted molar refractivity (Wildman–Crippen MR) is 78.3 cm³/mol. The second-order valence-electron chi connectivity index (χ2n) is 4.14. The van der Waals surface area contributed by atoms with E-state index in [0.717, 1.165) is 16.9 Å². The first-order valence-corrected chi connectivity index (χ1v) is 6.15. The SMILES string of the molecule is CNc1ccc2[nH]c(-c3cc(N)ccc3Cl)nc2n1. The average Bonchev–Trinajstić information content (AvgIpc) is 2.83. The van der Waals surface area contributed by atoms with E-state index in [9.17, 15) is 0 Å². The van der Waals surface area contributed by atoms with Gasteiger partial charge in [0.25, 0.3) is 0 Å². The molecule has 5 nitrogen and oxygen atoms in total. The van der Waals surface area contributed by atoms with Crippen LogP contribution >= 0.6 is 11.6 Å². The summed E-state index contributed by atoms with van der Waals surface area (Å²) < 4.78 is 0. The van der Waals surface area contributed by atoms with Crippen LogP contribution in [0.3, 0.4) is 0 Å². The number of imidazole rings is 1. The van der Waals surface area contributed by atoms with Gasteiger partial charge in [-0.25, -0.2) is 9.97 Å². The van der Waals surface area contributed by atoms with Crippen molar-refractivity contribution in [3.05, 3.63) is 35.4 Å². The van der Waals surface area contributed by atoms with Gasteiger partial charge in [-0.2, -0.15) is 0 Å². The third-order valence-corrected chi connectivity index (χ3v) is 3.18. The van der Waals surface area contributed by atoms with Gasteiger partial charge in [-0.05, 0) is 30.3 Å². The number of H-pyrrole nitrogens is 1. The van der Waals surface area contributed by atoms with E-state index in [1.807, 2.05) is 19.2 Å². The predicted octanol–water partition coefficient (Wildman–Crippen LogP) is 2.90. The fraction of sp³-hybridized carbons (Fsp3) is 0.0769. The highest BCUT2D eigenvalue weighted by atomic mass is 35.5. The molecule has 0 atom stereocenters. The summed E-state index contributed by atoms with van der Waals surface area (Å²) in [5, 5.41) is 3.58. The summed E-state index contributed by atoms with van der Waals surface area (Å²) in [6, 6.07) is 9.10. The van der Waals surface area contributed by atoms with Crippen molar-refractivity contribution in [2.75, 3.05) is 18.1 Å². The fourth-order valence-electron chi connectivity index (χ4n) is 1.88. The summed E-state index contributed by atoms with van der Waals surface area (Å²) in [7, 11) is 1.82. The Morgan fingerprint density at radius 1 is 1.21 bits per heavy atom. The van der Waals surface area contributed by atoms with Crippen LogP contribution in [0.1, 0.15) is 0 Å². The Bertz CT molecular complexity index is 750. The summed E-state index contributed by atoms with van der Waals surface area (Å²) in [6.07, 6.45) is 0. The molecule has 0 spiro atoms. The van der Waals surface area contributed by atoms with Crippen LogP contribution in [0, 0.1) is 0 Å². The van der Waals surface area contributed by atoms with Crippen LogP contribution in [0.4, 0.5) is 11.5 Å². The molecule has 0 radical (unpaired) electrons. The Morgan fingerprint density at radius 3 is 2.84 bits per heavy atom. The smallest absolute Gasteiger partial charge is 0.180 e. The topological polar surface area (TPSA) is 79.6 Å². The number of halogens is 1. The first kappa shape index (κ1) is 11.8. The number of rotatable bonds is 2. The molecule has 96 valence electrons. The number of nitrogens with one attached hydrogen (secondary N) is 2. The number of aromatic amines is 1. The number of nitrogen functional groups attached to an aromatic ring is 1. The fourth-order valence-corrected chi connectivity index (χ4v) is 2.09. The molecule has 3 rings (SSSR count). The highest BCUT2D eigenvalue weighted by molar-refractivity contribution is 6.33. The lowest BCUT2D eigenvalue weighted by Crippen LogP contribution is -1.91. The number of anilines is 2. The maximum Gasteiger partial charge on any atom is 0.180 e. The van der Waals surface area contributed by atoms with Crippen molar-refractivity contribution in [3.63, 3.8) is 0 Å². The second-order valence-corrected chi connectivity index (χ2v) is 4.55. The zero-order valence-electron chi connectivity index (χ0n) is 10.2. The molecule has 0 saturated carbocycles. The minimum atomic E-state index is 0.599. The molecule has 2 aromatic heterocycles. The van der Waals surface area contributed by atoms with Crippen LogP contribution < -0.4 is 11.1 Å². The number of aromatic nitrogens is 3. The van der Waals surface area contributed by atoms with E-state index in [0.29, 0.717) is 22.2 Å². The molecule has 0 aliphatic carbocycles. The van der Waals surface area contributed by atoms with Gasteiger partial charge in [0.1, 0.15) is 11.6 Å². The van der Waals surface area contributed by atoms with Gasteiger partial charge in [0.05, 0.1) is 10.5 Å². The molecule has 0 unspecified atom stereocenters. The largest absolute Gasteiger partial charge is 0.399 e. The van der Waals surface area contributed by atoms with E-state index < -0.39 is 0 Å². The number of nitrogens with zero attached hydrogens (tertiary/aromatic N) is 2. The summed E-state index contributed by atoms with van der Waals surface area (Å²) in [4.78, 5) is 12.0. The molecule has 4 N–H and O–H groups in total. The molecular formula is C13H12ClN5. The van der Waals surface area contributed by atoms with E-state index in [1.54, 1.807) is 18.2 Å². The molecule has 19 heavy (non-hydrogen) atoms. The maximum atomic E-state index is 6.17. The van der Waals surface area contributed by atoms with Gasteiger partial charge < -0.3 is 16.0 Å². The summed E-state index contributed by atoms with van der Waals surface area (Å²) in [5.41, 5.74) is 8.68. The molecule has 0 aliphatic heterocycles. The van der Waals surface area contributed by atoms with E-state index in [2.05, 4.69) is 20.3 Å². The van der Waals surface area contributed by atoms with Crippen LogP contribution in [-0.4, -0.2) is 22.0 Å². The number of nitrogens with two attached hydrogens (primary N) is 1. The van der Waals surface area contributed by atoms with Gasteiger partial charge in [0.2, 0.25) is 0 Å². The molecular weight excluding hydrogens is 262 g/mol. The Morgan fingerprint density at radius 2 is 2.05 bits per heavy atom. The molecule has 6 heteroatoms. The lowest BCUT2D eigenvalue weighted by atomic mass is 10.2. The molecule has 0 saturated heterocycles. The summed E-state index contributed by atoms with van der Waals surface area (Å²) in [6.45, 7) is 0. The number of benzene rings is 1. The van der Waals surface area contributed by atoms with E-state index in [1.165, 1.54) is 0 Å². The van der Waals surface area contributed by atoms with Crippen molar-refractivity contribution < 1.29 is 0 Å². The van der Waals surface area contributed by atoms with E-state index in [-0.39, 0.29) is 0 Å². The number of fused-ring (bicyclic) bond motifs is 1. The van der Waals surface area contributed by atoms with Crippen LogP contribution in [0.2, 0.25) is 5.02 Å². The van der Waals surface area contributed by atoms with Gasteiger partial charge in [-0.15, -0.1) is 0 Å². The highest BCUT2D eigenvalue weighted by Crippen LogP contribution is 2.29. The lowest BCUT2D eigenvalue weighted by molar-refractivity contribution is 1.28. The van der Waals surface area contributed by atoms with Crippen LogP contribution in [0.15, 0.2) is 30.3 Å². The van der Waals surface area contributed by atoms with Crippen LogP contribution in [-0.2, 0) is 0 Å². The lowest BCUT2D eigenvalue weighted by Gasteiger charge is -2.01. The Labute approximate surface area is 114 Å². The molecule has 0 fully saturated rings. The third-order valence-electron chi connectivity index (χ3n) is 2.85. The highest BCUT2D eigenvalue weighted by Gasteiger charge is 2.10. The standard InChI is InChI=1S/C13H12ClN5/c1-16-11-5-4-10-13(18-11)19-12(17-10)8-6-7(15)2-3-9(8)14/h2-6H,15H2,1H3,(H2,16,17,18,19). The monoisotopic (exact) mass is 273 g/mol. The molecule has 0 aliphatic rings. The van der Waals surface area contributed by atoms with Gasteiger partial charge in [0, 0.05) is 18.3 Å². The summed E-state index contributed by atoms with van der Waals surface area (Å²) >= 11 is 6.17. The van der Waals surface area contributed by atoms with Crippen molar-refractivity contribution in [1.29, 1.82) is 0 Å². The quantitative estimate of drug-likeness (QED) is 0.627. The zero-order chi connectivity index (χ0) is 13.4. The molecule has 2 heterocycles. The first-order valence-electron chi connectivity index (χ1n) is 5.77. The minimum absolute atomic E-state index is 0.599. The number of hydrogen-bond acceptors (Lipinski definition) is 4. The van der Waals surface area contributed by atoms with E-state index >= 15 is 0 Å². The van der Waals surface area contributed by atoms with Crippen LogP contribution in [0.5, 0.6) is 0 Å². The van der Waals surface area contributed by atoms with Crippen LogP contribution in [0.25, 0.3) is 22.6 Å². The van der Waals surface area contributed by atoms with Gasteiger partial charge in [0.15, 0.2) is 5.65 Å². The summed E-state index contributed by atoms with van der Waals surface area (Å²) in [5.74, 6) is 1.43. The van der Waals surface area contributed by atoms with E-state index in [4.69, 9.17) is 17.3 Å². The molecule has 0 amide bonds. The van der Waals surface area contributed by atoms with Crippen molar-refractivity contribution >= 4 is 34.3 Å². The van der Waals surface area contributed by atoms with Gasteiger partial charge in [-0.1, -0.05) is 11.6 Å². The molecule has 0 bridgehead atoms. The van der Waals surface area contributed by atoms with Crippen molar-refractivity contribution in [2.45, 2.75) is 0 Å². The Kier molecular flexibility index (Phi) is 2.76. The zero-order valence-corrected chi connectivity index (χ0v) is 11.0. The van der Waals surface area contributed by atoms with Gasteiger partial charge in [-0.3, -0.25) is 0 Å².